The third-order valence-electron chi connectivity index (χ3n) is 2.89. The average Bonchev–Trinajstić information content (AvgIpc) is 2.46. The van der Waals surface area contributed by atoms with Crippen LogP contribution in [0.15, 0.2) is 42.5 Å². The maximum Gasteiger partial charge on any atom is 0.162 e. The Labute approximate surface area is 112 Å². The summed E-state index contributed by atoms with van der Waals surface area (Å²) in [5.74, 6) is 0.610. The van der Waals surface area contributed by atoms with E-state index < -0.39 is 0 Å². The summed E-state index contributed by atoms with van der Waals surface area (Å²) in [5.41, 5.74) is 2.50. The highest BCUT2D eigenvalue weighted by atomic mass is 16.5. The number of phenolic OH excluding ortho intramolecular Hbond substituents is 1. The molecule has 0 aromatic heterocycles. The number of aromatic hydroxyl groups is 1. The lowest BCUT2D eigenvalue weighted by atomic mass is 10.1. The summed E-state index contributed by atoms with van der Waals surface area (Å²) in [4.78, 5) is 0. The molecule has 0 atom stereocenters. The second kappa shape index (κ2) is 6.11. The lowest BCUT2D eigenvalue weighted by Gasteiger charge is -2.11. The molecule has 0 saturated heterocycles. The number of rotatable bonds is 5. The van der Waals surface area contributed by atoms with Crippen molar-refractivity contribution in [2.24, 2.45) is 0 Å². The van der Waals surface area contributed by atoms with E-state index >= 15 is 0 Å². The Morgan fingerprint density at radius 1 is 1.16 bits per heavy atom. The van der Waals surface area contributed by atoms with Crippen LogP contribution in [0.3, 0.4) is 0 Å². The molecule has 2 aromatic rings. The van der Waals surface area contributed by atoms with E-state index in [2.05, 4.69) is 5.32 Å². The van der Waals surface area contributed by atoms with Crippen molar-refractivity contribution in [3.8, 4) is 11.5 Å². The highest BCUT2D eigenvalue weighted by Crippen LogP contribution is 2.29. The number of ether oxygens (including phenoxy) is 1. The van der Waals surface area contributed by atoms with Gasteiger partial charge in [0.25, 0.3) is 0 Å². The summed E-state index contributed by atoms with van der Waals surface area (Å²) >= 11 is 0. The third-order valence-corrected chi connectivity index (χ3v) is 2.89. The van der Waals surface area contributed by atoms with Crippen LogP contribution in [0.25, 0.3) is 0 Å². The van der Waals surface area contributed by atoms with Crippen LogP contribution in [-0.2, 0) is 13.2 Å². The number of aliphatic hydroxyl groups excluding tert-OH is 1. The Hall–Kier alpha value is -2.20. The molecule has 19 heavy (non-hydrogen) atoms. The van der Waals surface area contributed by atoms with E-state index in [-0.39, 0.29) is 12.4 Å². The minimum atomic E-state index is 0.0138. The lowest BCUT2D eigenvalue weighted by Crippen LogP contribution is -2.01. The van der Waals surface area contributed by atoms with Gasteiger partial charge in [-0.15, -0.1) is 0 Å². The molecule has 0 aliphatic carbocycles. The van der Waals surface area contributed by atoms with Crippen LogP contribution in [0.4, 0.5) is 5.69 Å². The molecule has 2 aromatic carbocycles. The molecule has 2 rings (SSSR count). The maximum atomic E-state index is 9.96. The fourth-order valence-electron chi connectivity index (χ4n) is 1.85. The van der Waals surface area contributed by atoms with E-state index in [0.29, 0.717) is 12.3 Å². The smallest absolute Gasteiger partial charge is 0.162 e. The van der Waals surface area contributed by atoms with Gasteiger partial charge >= 0.3 is 0 Å². The molecule has 100 valence electrons. The normalized spacial score (nSPS) is 10.2. The van der Waals surface area contributed by atoms with Gasteiger partial charge < -0.3 is 20.3 Å². The molecule has 0 spiro atoms. The van der Waals surface area contributed by atoms with E-state index in [1.54, 1.807) is 6.07 Å². The van der Waals surface area contributed by atoms with Gasteiger partial charge in [0.05, 0.1) is 13.7 Å². The molecule has 0 aliphatic heterocycles. The number of nitrogens with one attached hydrogen (secondary N) is 1. The summed E-state index contributed by atoms with van der Waals surface area (Å²) in [5, 5.41) is 22.2. The van der Waals surface area contributed by atoms with Gasteiger partial charge in [0.1, 0.15) is 0 Å². The fraction of sp³-hybridized carbons (Fsp3) is 0.200. The SMILES string of the molecule is COc1cccc(CNc2cccc(CO)c2)c1O. The van der Waals surface area contributed by atoms with Crippen LogP contribution in [0.1, 0.15) is 11.1 Å². The van der Waals surface area contributed by atoms with E-state index in [9.17, 15) is 5.11 Å². The molecular formula is C15H17NO3. The molecule has 4 nitrogen and oxygen atoms in total. The first kappa shape index (κ1) is 13.2. The Morgan fingerprint density at radius 2 is 1.95 bits per heavy atom. The van der Waals surface area contributed by atoms with E-state index in [0.717, 1.165) is 16.8 Å². The number of para-hydroxylation sites is 1. The van der Waals surface area contributed by atoms with E-state index in [1.165, 1.54) is 7.11 Å². The molecule has 0 radical (unpaired) electrons. The van der Waals surface area contributed by atoms with Crippen molar-refractivity contribution in [2.75, 3.05) is 12.4 Å². The monoisotopic (exact) mass is 259 g/mol. The van der Waals surface area contributed by atoms with Crippen LogP contribution in [-0.4, -0.2) is 17.3 Å². The predicted molar refractivity (Wildman–Crippen MR) is 74.4 cm³/mol. The van der Waals surface area contributed by atoms with Crippen LogP contribution in [0.2, 0.25) is 0 Å². The van der Waals surface area contributed by atoms with Crippen molar-refractivity contribution in [3.05, 3.63) is 53.6 Å². The van der Waals surface area contributed by atoms with Crippen LogP contribution in [0.5, 0.6) is 11.5 Å². The molecule has 0 unspecified atom stereocenters. The van der Waals surface area contributed by atoms with Gasteiger partial charge in [-0.1, -0.05) is 24.3 Å². The van der Waals surface area contributed by atoms with Crippen molar-refractivity contribution < 1.29 is 14.9 Å². The molecule has 0 amide bonds. The minimum Gasteiger partial charge on any atom is -0.504 e. The molecule has 0 heterocycles. The number of aliphatic hydroxyl groups is 1. The number of anilines is 1. The molecule has 0 aliphatic rings. The highest BCUT2D eigenvalue weighted by molar-refractivity contribution is 5.50. The van der Waals surface area contributed by atoms with Gasteiger partial charge in [-0.05, 0) is 23.8 Å². The van der Waals surface area contributed by atoms with E-state index in [1.807, 2.05) is 36.4 Å². The summed E-state index contributed by atoms with van der Waals surface area (Å²) in [6, 6.07) is 12.9. The van der Waals surface area contributed by atoms with Crippen molar-refractivity contribution in [2.45, 2.75) is 13.2 Å². The van der Waals surface area contributed by atoms with Gasteiger partial charge in [0, 0.05) is 17.8 Å². The largest absolute Gasteiger partial charge is 0.504 e. The number of hydrogen-bond donors (Lipinski definition) is 3. The average molecular weight is 259 g/mol. The second-order valence-electron chi connectivity index (χ2n) is 4.18. The van der Waals surface area contributed by atoms with E-state index in [4.69, 9.17) is 9.84 Å². The summed E-state index contributed by atoms with van der Waals surface area (Å²) in [6.45, 7) is 0.498. The number of benzene rings is 2. The quantitative estimate of drug-likeness (QED) is 0.772. The van der Waals surface area contributed by atoms with Crippen molar-refractivity contribution in [1.82, 2.24) is 0 Å². The molecule has 3 N–H and O–H groups in total. The van der Waals surface area contributed by atoms with Gasteiger partial charge in [0.2, 0.25) is 0 Å². The minimum absolute atomic E-state index is 0.0138. The lowest BCUT2D eigenvalue weighted by molar-refractivity contribution is 0.282. The van der Waals surface area contributed by atoms with Gasteiger partial charge in [0.15, 0.2) is 11.5 Å². The number of methoxy groups -OCH3 is 1. The van der Waals surface area contributed by atoms with Crippen molar-refractivity contribution >= 4 is 5.69 Å². The Kier molecular flexibility index (Phi) is 4.26. The Bertz CT molecular complexity index is 555. The van der Waals surface area contributed by atoms with Gasteiger partial charge in [-0.25, -0.2) is 0 Å². The Balaban J connectivity index is 2.10. The van der Waals surface area contributed by atoms with Crippen molar-refractivity contribution in [3.63, 3.8) is 0 Å². The second-order valence-corrected chi connectivity index (χ2v) is 4.18. The summed E-state index contributed by atoms with van der Waals surface area (Å²) in [6.07, 6.45) is 0. The van der Waals surface area contributed by atoms with Crippen LogP contribution < -0.4 is 10.1 Å². The van der Waals surface area contributed by atoms with Crippen molar-refractivity contribution in [1.29, 1.82) is 0 Å². The zero-order valence-electron chi connectivity index (χ0n) is 10.8. The molecule has 0 fully saturated rings. The summed E-state index contributed by atoms with van der Waals surface area (Å²) < 4.78 is 5.06. The molecule has 4 heteroatoms. The fourth-order valence-corrected chi connectivity index (χ4v) is 1.85. The van der Waals surface area contributed by atoms with Gasteiger partial charge in [-0.2, -0.15) is 0 Å². The summed E-state index contributed by atoms with van der Waals surface area (Å²) in [7, 11) is 1.52. The first-order valence-electron chi connectivity index (χ1n) is 6.03. The van der Waals surface area contributed by atoms with Crippen LogP contribution >= 0.6 is 0 Å². The molecule has 0 bridgehead atoms. The van der Waals surface area contributed by atoms with Crippen LogP contribution in [0, 0.1) is 0 Å². The highest BCUT2D eigenvalue weighted by Gasteiger charge is 2.06. The zero-order valence-corrected chi connectivity index (χ0v) is 10.8. The Morgan fingerprint density at radius 3 is 2.68 bits per heavy atom. The maximum absolute atomic E-state index is 9.96. The molecular weight excluding hydrogens is 242 g/mol. The number of hydrogen-bond acceptors (Lipinski definition) is 4. The first-order valence-corrected chi connectivity index (χ1v) is 6.03. The third kappa shape index (κ3) is 3.17. The van der Waals surface area contributed by atoms with Gasteiger partial charge in [-0.3, -0.25) is 0 Å². The number of phenols is 1. The first-order chi connectivity index (χ1) is 9.24. The molecule has 0 saturated carbocycles. The topological polar surface area (TPSA) is 61.7 Å². The zero-order chi connectivity index (χ0) is 13.7. The standard InChI is InChI=1S/C15H17NO3/c1-19-14-7-3-5-12(15(14)18)9-16-13-6-2-4-11(8-13)10-17/h2-8,16-18H,9-10H2,1H3. The predicted octanol–water partition coefficient (Wildman–Crippen LogP) is 2.51.